The fraction of sp³-hybridized carbons (Fsp3) is 0.211. The monoisotopic (exact) mass is 435 g/mol. The summed E-state index contributed by atoms with van der Waals surface area (Å²) < 4.78 is 5.76. The zero-order chi connectivity index (χ0) is 21.4. The van der Waals surface area contributed by atoms with Crippen molar-refractivity contribution in [2.24, 2.45) is 11.5 Å². The van der Waals surface area contributed by atoms with Gasteiger partial charge in [0.15, 0.2) is 11.5 Å². The Labute approximate surface area is 176 Å². The molecular formula is C19H21N3O5S2. The molecule has 10 heteroatoms. The van der Waals surface area contributed by atoms with Crippen LogP contribution in [0.2, 0.25) is 0 Å². The molecule has 0 radical (unpaired) electrons. The number of hydrogen-bond donors (Lipinski definition) is 5. The number of carbonyl (C=O) groups is 2. The fourth-order valence-electron chi connectivity index (χ4n) is 2.16. The molecule has 6 N–H and O–H groups in total. The van der Waals surface area contributed by atoms with E-state index in [0.717, 1.165) is 5.52 Å². The summed E-state index contributed by atoms with van der Waals surface area (Å²) >= 11 is 5.49. The number of hydrogen-bond acceptors (Lipinski definition) is 10. The maximum atomic E-state index is 11.6. The van der Waals surface area contributed by atoms with E-state index in [1.54, 1.807) is 11.3 Å². The Hall–Kier alpha value is -2.66. The van der Waals surface area contributed by atoms with Crippen molar-refractivity contribution in [3.8, 4) is 11.5 Å². The quantitative estimate of drug-likeness (QED) is 0.176. The van der Waals surface area contributed by atoms with Crippen molar-refractivity contribution in [3.63, 3.8) is 0 Å². The summed E-state index contributed by atoms with van der Waals surface area (Å²) in [5.41, 5.74) is 14.4. The van der Waals surface area contributed by atoms with Crippen molar-refractivity contribution in [2.75, 3.05) is 5.75 Å². The summed E-state index contributed by atoms with van der Waals surface area (Å²) in [6.07, 6.45) is 0.0378. The smallest absolute Gasteiger partial charge is 0.331 e. The van der Waals surface area contributed by atoms with Crippen molar-refractivity contribution in [2.45, 2.75) is 18.5 Å². The molecule has 3 aromatic rings. The van der Waals surface area contributed by atoms with Crippen molar-refractivity contribution >= 4 is 46.1 Å². The zero-order valence-electron chi connectivity index (χ0n) is 15.3. The topological polar surface area (TPSA) is 149 Å². The lowest BCUT2D eigenvalue weighted by Crippen LogP contribution is -2.41. The maximum absolute atomic E-state index is 11.6. The number of aromatic hydroxyl groups is 2. The molecule has 154 valence electrons. The molecule has 3 rings (SSSR count). The Morgan fingerprint density at radius 1 is 1.07 bits per heavy atom. The number of phenolic OH excluding ortho intramolecular Hbond substituents is 2. The molecule has 2 unspecified atom stereocenters. The number of aromatic nitrogens is 1. The minimum absolute atomic E-state index is 0.0378. The second-order valence-corrected chi connectivity index (χ2v) is 7.23. The number of thiazole rings is 1. The summed E-state index contributed by atoms with van der Waals surface area (Å²) in [6, 6.07) is 10.1. The number of ether oxygens (including phenoxy) is 1. The second-order valence-electron chi connectivity index (χ2n) is 5.98. The van der Waals surface area contributed by atoms with Crippen molar-refractivity contribution in [1.82, 2.24) is 4.98 Å². The molecule has 0 amide bonds. The van der Waals surface area contributed by atoms with Crippen LogP contribution in [-0.2, 0) is 20.7 Å². The summed E-state index contributed by atoms with van der Waals surface area (Å²) in [6.45, 7) is 0. The molecule has 0 aliphatic rings. The summed E-state index contributed by atoms with van der Waals surface area (Å²) in [5, 5.41) is 18.5. The van der Waals surface area contributed by atoms with Crippen LogP contribution in [0.4, 0.5) is 0 Å². The number of rotatable bonds is 5. The fourth-order valence-corrected chi connectivity index (χ4v) is 2.99. The zero-order valence-corrected chi connectivity index (χ0v) is 17.0. The number of esters is 2. The average Bonchev–Trinajstić information content (AvgIpc) is 3.19. The van der Waals surface area contributed by atoms with Gasteiger partial charge in [0, 0.05) is 5.75 Å². The lowest BCUT2D eigenvalue weighted by Gasteiger charge is -2.12. The number of benzene rings is 2. The Kier molecular flexibility index (Phi) is 8.40. The van der Waals surface area contributed by atoms with Gasteiger partial charge >= 0.3 is 11.9 Å². The Morgan fingerprint density at radius 3 is 2.41 bits per heavy atom. The van der Waals surface area contributed by atoms with Crippen LogP contribution in [0.15, 0.2) is 48.0 Å². The van der Waals surface area contributed by atoms with E-state index in [1.807, 2.05) is 23.7 Å². The van der Waals surface area contributed by atoms with Gasteiger partial charge in [-0.2, -0.15) is 12.6 Å². The minimum Gasteiger partial charge on any atom is -0.504 e. The highest BCUT2D eigenvalue weighted by Gasteiger charge is 2.22. The van der Waals surface area contributed by atoms with Crippen LogP contribution in [0.25, 0.3) is 10.2 Å². The molecule has 0 aliphatic carbocycles. The van der Waals surface area contributed by atoms with E-state index in [2.05, 4.69) is 28.4 Å². The average molecular weight is 436 g/mol. The van der Waals surface area contributed by atoms with Crippen LogP contribution in [0.1, 0.15) is 5.56 Å². The third-order valence-electron chi connectivity index (χ3n) is 3.74. The molecule has 0 saturated heterocycles. The van der Waals surface area contributed by atoms with Crippen LogP contribution >= 0.6 is 24.0 Å². The van der Waals surface area contributed by atoms with E-state index in [-0.39, 0.29) is 23.7 Å². The molecule has 1 heterocycles. The molecule has 0 bridgehead atoms. The molecule has 0 spiro atoms. The van der Waals surface area contributed by atoms with E-state index in [0.29, 0.717) is 5.56 Å². The third kappa shape index (κ3) is 6.71. The summed E-state index contributed by atoms with van der Waals surface area (Å²) in [7, 11) is 0. The molecule has 8 nitrogen and oxygen atoms in total. The van der Waals surface area contributed by atoms with Crippen molar-refractivity contribution < 1.29 is 24.5 Å². The van der Waals surface area contributed by atoms with Crippen LogP contribution in [0.3, 0.4) is 0 Å². The van der Waals surface area contributed by atoms with E-state index in [4.69, 9.17) is 16.6 Å². The summed E-state index contributed by atoms with van der Waals surface area (Å²) in [4.78, 5) is 27.0. The highest BCUT2D eigenvalue weighted by Crippen LogP contribution is 2.25. The third-order valence-corrected chi connectivity index (χ3v) is 4.94. The number of para-hydroxylation sites is 1. The number of nitrogens with two attached hydrogens (primary N) is 2. The van der Waals surface area contributed by atoms with Gasteiger partial charge in [-0.1, -0.05) is 18.2 Å². The number of thiol groups is 1. The maximum Gasteiger partial charge on any atom is 0.331 e. The Balaban J connectivity index is 0.000000272. The highest BCUT2D eigenvalue weighted by atomic mass is 32.1. The molecule has 29 heavy (non-hydrogen) atoms. The number of carbonyl (C=O) groups excluding carboxylic acids is 2. The predicted octanol–water partition coefficient (Wildman–Crippen LogP) is 1.59. The van der Waals surface area contributed by atoms with Gasteiger partial charge in [-0.05, 0) is 36.2 Å². The van der Waals surface area contributed by atoms with Crippen LogP contribution in [-0.4, -0.2) is 45.0 Å². The lowest BCUT2D eigenvalue weighted by molar-refractivity contribution is -0.161. The molecule has 1 aromatic heterocycles. The molecule has 2 aromatic carbocycles. The number of phenols is 2. The first-order valence-electron chi connectivity index (χ1n) is 8.48. The first kappa shape index (κ1) is 22.6. The van der Waals surface area contributed by atoms with E-state index < -0.39 is 24.0 Å². The summed E-state index contributed by atoms with van der Waals surface area (Å²) in [5.74, 6) is -2.36. The second kappa shape index (κ2) is 10.8. The van der Waals surface area contributed by atoms with Gasteiger partial charge in [-0.25, -0.2) is 14.6 Å². The molecular weight excluding hydrogens is 414 g/mol. The van der Waals surface area contributed by atoms with Gasteiger partial charge in [-0.3, -0.25) is 0 Å². The standard InChI is InChI=1S/C12H16N2O5S.C7H5NS/c13-7(11(17)19-12(18)8(14)5-20)3-6-1-2-9(15)10(16)4-6;1-2-4-7-6(3-1)8-5-9-7/h1-2,4,7-8,15-16,20H,3,5,13-14H2;1-5H. The van der Waals surface area contributed by atoms with Crippen molar-refractivity contribution in [1.29, 1.82) is 0 Å². The Morgan fingerprint density at radius 2 is 1.76 bits per heavy atom. The number of nitrogens with zero attached hydrogens (tertiary/aromatic N) is 1. The highest BCUT2D eigenvalue weighted by molar-refractivity contribution is 7.80. The molecule has 0 fully saturated rings. The first-order chi connectivity index (χ1) is 13.8. The van der Waals surface area contributed by atoms with E-state index in [1.165, 1.54) is 22.9 Å². The van der Waals surface area contributed by atoms with Crippen LogP contribution in [0, 0.1) is 0 Å². The SMILES string of the molecule is NC(CS)C(=O)OC(=O)C(N)Cc1ccc(O)c(O)c1.c1ccc2scnc2c1. The van der Waals surface area contributed by atoms with E-state index >= 15 is 0 Å². The molecule has 0 saturated carbocycles. The van der Waals surface area contributed by atoms with Gasteiger partial charge in [0.05, 0.1) is 15.7 Å². The van der Waals surface area contributed by atoms with Crippen LogP contribution < -0.4 is 11.5 Å². The molecule has 2 atom stereocenters. The van der Waals surface area contributed by atoms with Gasteiger partial charge < -0.3 is 26.4 Å². The molecule has 0 aliphatic heterocycles. The first-order valence-corrected chi connectivity index (χ1v) is 9.99. The number of fused-ring (bicyclic) bond motifs is 1. The van der Waals surface area contributed by atoms with Gasteiger partial charge in [-0.15, -0.1) is 11.3 Å². The van der Waals surface area contributed by atoms with Gasteiger partial charge in [0.25, 0.3) is 0 Å². The normalized spacial score (nSPS) is 12.5. The largest absolute Gasteiger partial charge is 0.504 e. The predicted molar refractivity (Wildman–Crippen MR) is 114 cm³/mol. The Bertz CT molecular complexity index is 949. The lowest BCUT2D eigenvalue weighted by atomic mass is 10.1. The van der Waals surface area contributed by atoms with E-state index in [9.17, 15) is 14.7 Å². The minimum atomic E-state index is -1.09. The van der Waals surface area contributed by atoms with Gasteiger partial charge in [0.2, 0.25) is 0 Å². The van der Waals surface area contributed by atoms with Crippen molar-refractivity contribution in [3.05, 3.63) is 53.5 Å². The van der Waals surface area contributed by atoms with Gasteiger partial charge in [0.1, 0.15) is 12.1 Å². The van der Waals surface area contributed by atoms with Crippen LogP contribution in [0.5, 0.6) is 11.5 Å².